The Morgan fingerprint density at radius 1 is 0.419 bits per heavy atom. The summed E-state index contributed by atoms with van der Waals surface area (Å²) in [6.45, 7) is 0. The number of aromatic nitrogens is 2. The van der Waals surface area contributed by atoms with Crippen LogP contribution >= 0.6 is 11.3 Å². The molecule has 0 bridgehead atoms. The molecule has 0 N–H and O–H groups in total. The third-order valence-corrected chi connectivity index (χ3v) is 9.84. The zero-order chi connectivity index (χ0) is 28.3. The Hall–Kier alpha value is -5.38. The lowest BCUT2D eigenvalue weighted by atomic mass is 9.93. The van der Waals surface area contributed by atoms with E-state index in [4.69, 9.17) is 4.98 Å². The van der Waals surface area contributed by atoms with E-state index < -0.39 is 0 Å². The highest BCUT2D eigenvalue weighted by Gasteiger charge is 2.13. The third kappa shape index (κ3) is 3.86. The maximum atomic E-state index is 4.71. The van der Waals surface area contributed by atoms with Crippen LogP contribution < -0.4 is 0 Å². The normalized spacial score (nSPS) is 11.7. The maximum Gasteiger partial charge on any atom is 0.116 e. The fourth-order valence-electron chi connectivity index (χ4n) is 6.54. The minimum atomic E-state index is 0.992. The minimum Gasteiger partial charge on any atom is -0.244 e. The molecule has 0 aliphatic heterocycles. The third-order valence-electron chi connectivity index (χ3n) is 8.62. The van der Waals surface area contributed by atoms with Crippen LogP contribution in [0.3, 0.4) is 0 Å². The molecular formula is C40H24N2S. The first-order valence-electron chi connectivity index (χ1n) is 14.5. The SMILES string of the molecule is c1cc(-c2ccc(-c3cccc4c3sc3ccccc34)cc2)cc(-c2ccc3c4ccccc4c4cncnc4c3c2)c1. The van der Waals surface area contributed by atoms with Crippen LogP contribution in [-0.2, 0) is 0 Å². The molecule has 43 heavy (non-hydrogen) atoms. The van der Waals surface area contributed by atoms with Crippen LogP contribution in [0, 0.1) is 0 Å². The van der Waals surface area contributed by atoms with Gasteiger partial charge in [0.15, 0.2) is 0 Å². The van der Waals surface area contributed by atoms with Crippen molar-refractivity contribution in [2.75, 3.05) is 0 Å². The van der Waals surface area contributed by atoms with Gasteiger partial charge in [-0.15, -0.1) is 11.3 Å². The van der Waals surface area contributed by atoms with Crippen molar-refractivity contribution < 1.29 is 0 Å². The highest BCUT2D eigenvalue weighted by molar-refractivity contribution is 7.26. The van der Waals surface area contributed by atoms with Crippen LogP contribution in [0.4, 0.5) is 0 Å². The summed E-state index contributed by atoms with van der Waals surface area (Å²) < 4.78 is 2.68. The highest BCUT2D eigenvalue weighted by Crippen LogP contribution is 2.41. The van der Waals surface area contributed by atoms with Crippen molar-refractivity contribution in [3.8, 4) is 33.4 Å². The fraction of sp³-hybridized carbons (Fsp3) is 0. The summed E-state index contributed by atoms with van der Waals surface area (Å²) in [6, 6.07) is 48.5. The summed E-state index contributed by atoms with van der Waals surface area (Å²) >= 11 is 1.88. The Labute approximate surface area is 252 Å². The van der Waals surface area contributed by atoms with E-state index in [0.717, 1.165) is 16.3 Å². The van der Waals surface area contributed by atoms with Crippen LogP contribution in [0.5, 0.6) is 0 Å². The van der Waals surface area contributed by atoms with E-state index in [2.05, 4.69) is 138 Å². The average molecular weight is 565 g/mol. The van der Waals surface area contributed by atoms with Gasteiger partial charge in [-0.05, 0) is 67.7 Å². The lowest BCUT2D eigenvalue weighted by Crippen LogP contribution is -1.88. The molecule has 0 fully saturated rings. The first-order valence-corrected chi connectivity index (χ1v) is 15.3. The molecular weight excluding hydrogens is 541 g/mol. The number of hydrogen-bond donors (Lipinski definition) is 0. The van der Waals surface area contributed by atoms with E-state index in [1.807, 2.05) is 17.5 Å². The van der Waals surface area contributed by atoms with Crippen molar-refractivity contribution in [2.24, 2.45) is 0 Å². The van der Waals surface area contributed by atoms with E-state index in [9.17, 15) is 0 Å². The number of benzene rings is 7. The lowest BCUT2D eigenvalue weighted by Gasteiger charge is -2.12. The maximum absolute atomic E-state index is 4.71. The van der Waals surface area contributed by atoms with Gasteiger partial charge >= 0.3 is 0 Å². The van der Waals surface area contributed by atoms with Gasteiger partial charge in [0.05, 0.1) is 5.52 Å². The van der Waals surface area contributed by atoms with Crippen LogP contribution in [0.15, 0.2) is 146 Å². The first-order chi connectivity index (χ1) is 21.3. The first kappa shape index (κ1) is 24.2. The van der Waals surface area contributed by atoms with Gasteiger partial charge in [0, 0.05) is 37.1 Å². The Balaban J connectivity index is 1.12. The second-order valence-corrected chi connectivity index (χ2v) is 12.1. The van der Waals surface area contributed by atoms with Gasteiger partial charge in [0.1, 0.15) is 6.33 Å². The van der Waals surface area contributed by atoms with Crippen molar-refractivity contribution in [1.82, 2.24) is 9.97 Å². The lowest BCUT2D eigenvalue weighted by molar-refractivity contribution is 1.23. The van der Waals surface area contributed by atoms with Gasteiger partial charge in [-0.25, -0.2) is 9.97 Å². The number of nitrogens with zero attached hydrogens (tertiary/aromatic N) is 2. The molecule has 0 aliphatic carbocycles. The quantitative estimate of drug-likeness (QED) is 0.199. The highest BCUT2D eigenvalue weighted by atomic mass is 32.1. The van der Waals surface area contributed by atoms with E-state index in [-0.39, 0.29) is 0 Å². The molecule has 0 saturated carbocycles. The number of hydrogen-bond acceptors (Lipinski definition) is 3. The van der Waals surface area contributed by atoms with Gasteiger partial charge in [0.25, 0.3) is 0 Å². The van der Waals surface area contributed by atoms with Crippen LogP contribution in [0.2, 0.25) is 0 Å². The van der Waals surface area contributed by atoms with E-state index in [0.29, 0.717) is 0 Å². The molecule has 0 atom stereocenters. The van der Waals surface area contributed by atoms with Crippen LogP contribution in [0.1, 0.15) is 0 Å². The zero-order valence-corrected chi connectivity index (χ0v) is 24.0. The summed E-state index contributed by atoms with van der Waals surface area (Å²) in [5.74, 6) is 0. The van der Waals surface area contributed by atoms with Gasteiger partial charge < -0.3 is 0 Å². The Morgan fingerprint density at radius 3 is 1.91 bits per heavy atom. The second kappa shape index (κ2) is 9.59. The summed E-state index contributed by atoms with van der Waals surface area (Å²) in [5, 5.41) is 8.53. The van der Waals surface area contributed by atoms with Crippen molar-refractivity contribution in [2.45, 2.75) is 0 Å². The standard InChI is InChI=1S/C40H24N2S/c1-2-10-32-31(9-1)33-20-19-29(22-36(33)39-37(32)23-41-24-42-39)28-8-5-7-27(21-28)25-15-17-26(18-16-25)30-12-6-13-35-34-11-3-4-14-38(34)43-40(30)35/h1-24H. The molecule has 7 aromatic carbocycles. The van der Waals surface area contributed by atoms with Gasteiger partial charge in [0.2, 0.25) is 0 Å². The molecule has 0 radical (unpaired) electrons. The average Bonchev–Trinajstić information content (AvgIpc) is 3.47. The van der Waals surface area contributed by atoms with E-state index in [1.54, 1.807) is 6.33 Å². The summed E-state index contributed by atoms with van der Waals surface area (Å²) in [4.78, 5) is 9.05. The molecule has 200 valence electrons. The van der Waals surface area contributed by atoms with Crippen molar-refractivity contribution in [1.29, 1.82) is 0 Å². The molecule has 9 aromatic rings. The fourth-order valence-corrected chi connectivity index (χ4v) is 7.78. The molecule has 2 aromatic heterocycles. The van der Waals surface area contributed by atoms with Crippen LogP contribution in [0.25, 0.3) is 86.0 Å². The van der Waals surface area contributed by atoms with Crippen molar-refractivity contribution >= 4 is 64.0 Å². The summed E-state index contributed by atoms with van der Waals surface area (Å²) in [7, 11) is 0. The molecule has 0 spiro atoms. The predicted octanol–water partition coefficient (Wildman–Crippen LogP) is 11.3. The van der Waals surface area contributed by atoms with E-state index >= 15 is 0 Å². The molecule has 9 rings (SSSR count). The molecule has 3 heteroatoms. The predicted molar refractivity (Wildman–Crippen MR) is 184 cm³/mol. The Bertz CT molecular complexity index is 2470. The van der Waals surface area contributed by atoms with Crippen LogP contribution in [-0.4, -0.2) is 9.97 Å². The van der Waals surface area contributed by atoms with Gasteiger partial charge in [-0.1, -0.05) is 115 Å². The largest absolute Gasteiger partial charge is 0.244 e. The molecule has 0 aliphatic rings. The minimum absolute atomic E-state index is 0.992. The topological polar surface area (TPSA) is 25.8 Å². The molecule has 0 unspecified atom stereocenters. The number of fused-ring (bicyclic) bond motifs is 9. The summed E-state index contributed by atoms with van der Waals surface area (Å²) in [5.41, 5.74) is 8.30. The monoisotopic (exact) mass is 564 g/mol. The van der Waals surface area contributed by atoms with Crippen molar-refractivity contribution in [3.05, 3.63) is 146 Å². The second-order valence-electron chi connectivity index (χ2n) is 11.0. The summed E-state index contributed by atoms with van der Waals surface area (Å²) in [6.07, 6.45) is 3.58. The van der Waals surface area contributed by atoms with Gasteiger partial charge in [-0.2, -0.15) is 0 Å². The molecule has 2 nitrogen and oxygen atoms in total. The molecule has 0 amide bonds. The number of thiophene rings is 1. The Kier molecular flexibility index (Phi) is 5.40. The smallest absolute Gasteiger partial charge is 0.116 e. The molecule has 0 saturated heterocycles. The number of rotatable bonds is 3. The van der Waals surface area contributed by atoms with Crippen molar-refractivity contribution in [3.63, 3.8) is 0 Å². The molecule has 2 heterocycles. The zero-order valence-electron chi connectivity index (χ0n) is 23.2. The van der Waals surface area contributed by atoms with E-state index in [1.165, 1.54) is 69.7 Å². The Morgan fingerprint density at radius 2 is 1.05 bits per heavy atom. The van der Waals surface area contributed by atoms with Gasteiger partial charge in [-0.3, -0.25) is 0 Å².